The zero-order valence-corrected chi connectivity index (χ0v) is 20.1. The Labute approximate surface area is 212 Å². The molecule has 0 saturated heterocycles. The topological polar surface area (TPSA) is 46.4 Å². The molecule has 0 aliphatic carbocycles. The SMILES string of the molecule is Cc1ccc(NC(=O)CCc2c(-c3ccccc3)nc3ccc(-c4cccc(C(F)(F)F)c4)cn23)cc1. The third-order valence-electron chi connectivity index (χ3n) is 6.21. The Morgan fingerprint density at radius 3 is 2.32 bits per heavy atom. The number of anilines is 1. The molecule has 0 aliphatic rings. The fourth-order valence-electron chi connectivity index (χ4n) is 4.30. The fraction of sp³-hybridized carbons (Fsp3) is 0.133. The minimum Gasteiger partial charge on any atom is -0.326 e. The van der Waals surface area contributed by atoms with Gasteiger partial charge in [-0.2, -0.15) is 13.2 Å². The van der Waals surface area contributed by atoms with Gasteiger partial charge in [0.2, 0.25) is 5.91 Å². The third-order valence-corrected chi connectivity index (χ3v) is 6.21. The molecule has 0 fully saturated rings. The molecule has 5 aromatic rings. The zero-order chi connectivity index (χ0) is 26.0. The van der Waals surface area contributed by atoms with E-state index in [0.717, 1.165) is 40.3 Å². The lowest BCUT2D eigenvalue weighted by Crippen LogP contribution is -2.13. The van der Waals surface area contributed by atoms with Crippen LogP contribution in [0.1, 0.15) is 23.2 Å². The van der Waals surface area contributed by atoms with Crippen LogP contribution in [0, 0.1) is 6.92 Å². The number of amides is 1. The lowest BCUT2D eigenvalue weighted by molar-refractivity contribution is -0.137. The summed E-state index contributed by atoms with van der Waals surface area (Å²) in [6.45, 7) is 1.98. The van der Waals surface area contributed by atoms with Crippen molar-refractivity contribution in [3.63, 3.8) is 0 Å². The van der Waals surface area contributed by atoms with Crippen LogP contribution < -0.4 is 5.32 Å². The minimum atomic E-state index is -4.43. The Kier molecular flexibility index (Phi) is 6.53. The van der Waals surface area contributed by atoms with Crippen LogP contribution in [-0.4, -0.2) is 15.3 Å². The van der Waals surface area contributed by atoms with E-state index in [1.54, 1.807) is 24.4 Å². The number of hydrogen-bond acceptors (Lipinski definition) is 2. The van der Waals surface area contributed by atoms with Gasteiger partial charge in [0.25, 0.3) is 0 Å². The van der Waals surface area contributed by atoms with Gasteiger partial charge in [-0.1, -0.05) is 60.2 Å². The van der Waals surface area contributed by atoms with Crippen molar-refractivity contribution in [1.29, 1.82) is 0 Å². The molecule has 0 aliphatic heterocycles. The van der Waals surface area contributed by atoms with Crippen molar-refractivity contribution < 1.29 is 18.0 Å². The number of fused-ring (bicyclic) bond motifs is 1. The lowest BCUT2D eigenvalue weighted by Gasteiger charge is -2.10. The Morgan fingerprint density at radius 2 is 1.59 bits per heavy atom. The molecule has 0 unspecified atom stereocenters. The lowest BCUT2D eigenvalue weighted by atomic mass is 10.0. The summed E-state index contributed by atoms with van der Waals surface area (Å²) in [7, 11) is 0. The monoisotopic (exact) mass is 499 g/mol. The predicted molar refractivity (Wildman–Crippen MR) is 139 cm³/mol. The van der Waals surface area contributed by atoms with Gasteiger partial charge in [-0.25, -0.2) is 4.98 Å². The number of aromatic nitrogens is 2. The van der Waals surface area contributed by atoms with E-state index < -0.39 is 11.7 Å². The van der Waals surface area contributed by atoms with Gasteiger partial charge in [0.05, 0.1) is 17.0 Å². The van der Waals surface area contributed by atoms with Gasteiger partial charge in [-0.15, -0.1) is 0 Å². The first-order valence-corrected chi connectivity index (χ1v) is 11.9. The number of nitrogens with zero attached hydrogens (tertiary/aromatic N) is 2. The van der Waals surface area contributed by atoms with E-state index >= 15 is 0 Å². The molecule has 1 amide bonds. The van der Waals surface area contributed by atoms with Crippen LogP contribution in [0.3, 0.4) is 0 Å². The van der Waals surface area contributed by atoms with Gasteiger partial charge < -0.3 is 9.72 Å². The van der Waals surface area contributed by atoms with Crippen molar-refractivity contribution in [3.05, 3.63) is 114 Å². The highest BCUT2D eigenvalue weighted by atomic mass is 19.4. The summed E-state index contributed by atoms with van der Waals surface area (Å²) in [6.07, 6.45) is -2.02. The van der Waals surface area contributed by atoms with Crippen molar-refractivity contribution in [2.75, 3.05) is 5.32 Å². The van der Waals surface area contributed by atoms with Crippen molar-refractivity contribution >= 4 is 17.2 Å². The summed E-state index contributed by atoms with van der Waals surface area (Å²) in [5.74, 6) is -0.133. The zero-order valence-electron chi connectivity index (χ0n) is 20.1. The Hall–Kier alpha value is -4.39. The second kappa shape index (κ2) is 9.93. The van der Waals surface area contributed by atoms with Crippen LogP contribution in [0.2, 0.25) is 0 Å². The van der Waals surface area contributed by atoms with Crippen LogP contribution in [0.25, 0.3) is 28.0 Å². The maximum absolute atomic E-state index is 13.3. The molecule has 1 N–H and O–H groups in total. The molecule has 37 heavy (non-hydrogen) atoms. The highest BCUT2D eigenvalue weighted by Crippen LogP contribution is 2.33. The number of imidazole rings is 1. The molecule has 0 saturated carbocycles. The van der Waals surface area contributed by atoms with Gasteiger partial charge >= 0.3 is 6.18 Å². The van der Waals surface area contributed by atoms with E-state index in [0.29, 0.717) is 23.2 Å². The van der Waals surface area contributed by atoms with E-state index in [1.807, 2.05) is 65.9 Å². The minimum absolute atomic E-state index is 0.133. The molecule has 0 radical (unpaired) electrons. The molecule has 0 spiro atoms. The molecule has 5 rings (SSSR count). The first-order valence-electron chi connectivity index (χ1n) is 11.9. The predicted octanol–water partition coefficient (Wildman–Crippen LogP) is 7.57. The Bertz CT molecular complexity index is 1560. The summed E-state index contributed by atoms with van der Waals surface area (Å²) >= 11 is 0. The molecule has 0 bridgehead atoms. The first kappa shape index (κ1) is 24.3. The average molecular weight is 500 g/mol. The number of carbonyl (C=O) groups is 1. The number of pyridine rings is 1. The van der Waals surface area contributed by atoms with E-state index in [4.69, 9.17) is 4.98 Å². The highest BCUT2D eigenvalue weighted by Gasteiger charge is 2.30. The number of rotatable bonds is 6. The number of alkyl halides is 3. The molecule has 0 atom stereocenters. The number of benzene rings is 3. The molecular formula is C30H24F3N3O. The fourth-order valence-corrected chi connectivity index (χ4v) is 4.30. The second-order valence-electron chi connectivity index (χ2n) is 8.91. The quantitative estimate of drug-likeness (QED) is 0.262. The first-order chi connectivity index (χ1) is 17.8. The molecule has 2 heterocycles. The van der Waals surface area contributed by atoms with E-state index in [1.165, 1.54) is 6.07 Å². The van der Waals surface area contributed by atoms with Gasteiger partial charge in [0.15, 0.2) is 0 Å². The third kappa shape index (κ3) is 5.40. The van der Waals surface area contributed by atoms with Crippen LogP contribution in [-0.2, 0) is 17.4 Å². The maximum Gasteiger partial charge on any atom is 0.416 e. The molecular weight excluding hydrogens is 475 g/mol. The number of aryl methyl sites for hydroxylation is 2. The van der Waals surface area contributed by atoms with Gasteiger partial charge in [-0.05, 0) is 60.9 Å². The van der Waals surface area contributed by atoms with Crippen molar-refractivity contribution in [1.82, 2.24) is 9.38 Å². The van der Waals surface area contributed by atoms with Gasteiger partial charge in [0.1, 0.15) is 5.65 Å². The molecule has 4 nitrogen and oxygen atoms in total. The average Bonchev–Trinajstić information content (AvgIpc) is 3.27. The number of hydrogen-bond donors (Lipinski definition) is 1. The number of halogens is 3. The van der Waals surface area contributed by atoms with Crippen molar-refractivity contribution in [3.8, 4) is 22.4 Å². The largest absolute Gasteiger partial charge is 0.416 e. The maximum atomic E-state index is 13.3. The van der Waals surface area contributed by atoms with Crippen LogP contribution in [0.5, 0.6) is 0 Å². The van der Waals surface area contributed by atoms with Crippen molar-refractivity contribution in [2.24, 2.45) is 0 Å². The van der Waals surface area contributed by atoms with Crippen LogP contribution in [0.4, 0.5) is 18.9 Å². The standard InChI is InChI=1S/C30H24F3N3O/c1-20-10-13-25(14-11-20)34-28(37)17-15-26-29(21-6-3-2-4-7-21)35-27-16-12-23(19-36(26)27)22-8-5-9-24(18-22)30(31,32)33/h2-14,16,18-19H,15,17H2,1H3,(H,34,37). The second-order valence-corrected chi connectivity index (χ2v) is 8.91. The molecule has 7 heteroatoms. The van der Waals surface area contributed by atoms with E-state index in [2.05, 4.69) is 5.32 Å². The van der Waals surface area contributed by atoms with Gasteiger partial charge in [0, 0.05) is 23.9 Å². The Balaban J connectivity index is 1.51. The Morgan fingerprint density at radius 1 is 0.865 bits per heavy atom. The molecule has 186 valence electrons. The summed E-state index contributed by atoms with van der Waals surface area (Å²) < 4.78 is 41.7. The summed E-state index contributed by atoms with van der Waals surface area (Å²) in [5, 5.41) is 2.92. The van der Waals surface area contributed by atoms with E-state index in [9.17, 15) is 18.0 Å². The van der Waals surface area contributed by atoms with Crippen molar-refractivity contribution in [2.45, 2.75) is 25.9 Å². The number of nitrogens with one attached hydrogen (secondary N) is 1. The molecule has 2 aromatic heterocycles. The number of carbonyl (C=O) groups excluding carboxylic acids is 1. The summed E-state index contributed by atoms with van der Waals surface area (Å²) in [6, 6.07) is 26.1. The normalized spacial score (nSPS) is 11.6. The summed E-state index contributed by atoms with van der Waals surface area (Å²) in [5.41, 5.74) is 5.32. The highest BCUT2D eigenvalue weighted by molar-refractivity contribution is 5.91. The summed E-state index contributed by atoms with van der Waals surface area (Å²) in [4.78, 5) is 17.5. The van der Waals surface area contributed by atoms with Gasteiger partial charge in [-0.3, -0.25) is 4.79 Å². The van der Waals surface area contributed by atoms with Crippen LogP contribution in [0.15, 0.2) is 97.2 Å². The molecule has 3 aromatic carbocycles. The smallest absolute Gasteiger partial charge is 0.326 e. The van der Waals surface area contributed by atoms with Crippen LogP contribution >= 0.6 is 0 Å². The van der Waals surface area contributed by atoms with E-state index in [-0.39, 0.29) is 12.3 Å².